The molecule has 2 aromatic carbocycles. The van der Waals surface area contributed by atoms with Crippen molar-refractivity contribution in [1.29, 1.82) is 0 Å². The molecular weight excluding hydrogens is 390 g/mol. The minimum Gasteiger partial charge on any atom is -0.497 e. The number of aromatic nitrogens is 2. The zero-order valence-electron chi connectivity index (χ0n) is 17.7. The molecule has 1 fully saturated rings. The standard InChI is InChI=1S/C24H27N5O2/c1-31-21-9-7-19(8-10-21)15-24(30)27-22-16-23(26-18-25-22)29-13-11-28(12-14-29)17-20-5-3-2-4-6-20/h2-10,16,18H,11-15,17H2,1H3,(H,25,26,27,30). The van der Waals surface area contributed by atoms with Crippen molar-refractivity contribution in [1.82, 2.24) is 14.9 Å². The van der Waals surface area contributed by atoms with Gasteiger partial charge in [-0.1, -0.05) is 42.5 Å². The number of methoxy groups -OCH3 is 1. The molecule has 31 heavy (non-hydrogen) atoms. The Balaban J connectivity index is 1.30. The van der Waals surface area contributed by atoms with Crippen LogP contribution >= 0.6 is 0 Å². The summed E-state index contributed by atoms with van der Waals surface area (Å²) in [6, 6.07) is 19.9. The Kier molecular flexibility index (Phi) is 6.74. The summed E-state index contributed by atoms with van der Waals surface area (Å²) < 4.78 is 5.15. The third-order valence-corrected chi connectivity index (χ3v) is 5.39. The van der Waals surface area contributed by atoms with Gasteiger partial charge in [-0.25, -0.2) is 9.97 Å². The summed E-state index contributed by atoms with van der Waals surface area (Å²) >= 11 is 0. The average molecular weight is 418 g/mol. The summed E-state index contributed by atoms with van der Waals surface area (Å²) in [5.41, 5.74) is 2.25. The van der Waals surface area contributed by atoms with Gasteiger partial charge in [-0.15, -0.1) is 0 Å². The van der Waals surface area contributed by atoms with Gasteiger partial charge in [0.2, 0.25) is 5.91 Å². The highest BCUT2D eigenvalue weighted by molar-refractivity contribution is 5.91. The van der Waals surface area contributed by atoms with E-state index in [1.807, 2.05) is 36.4 Å². The fraction of sp³-hybridized carbons (Fsp3) is 0.292. The number of nitrogens with one attached hydrogen (secondary N) is 1. The average Bonchev–Trinajstić information content (AvgIpc) is 2.81. The van der Waals surface area contributed by atoms with Crippen LogP contribution in [0.3, 0.4) is 0 Å². The van der Waals surface area contributed by atoms with Crippen molar-refractivity contribution in [3.8, 4) is 5.75 Å². The molecule has 3 aromatic rings. The smallest absolute Gasteiger partial charge is 0.229 e. The molecule has 0 unspecified atom stereocenters. The van der Waals surface area contributed by atoms with Gasteiger partial charge in [0.05, 0.1) is 13.5 Å². The van der Waals surface area contributed by atoms with Gasteiger partial charge in [0.25, 0.3) is 0 Å². The zero-order valence-corrected chi connectivity index (χ0v) is 17.7. The fourth-order valence-corrected chi connectivity index (χ4v) is 3.68. The molecule has 4 rings (SSSR count). The van der Waals surface area contributed by atoms with Crippen molar-refractivity contribution in [2.24, 2.45) is 0 Å². The third-order valence-electron chi connectivity index (χ3n) is 5.39. The minimum atomic E-state index is -0.109. The maximum Gasteiger partial charge on any atom is 0.229 e. The van der Waals surface area contributed by atoms with Gasteiger partial charge in [0.15, 0.2) is 0 Å². The number of carbonyl (C=O) groups excluding carboxylic acids is 1. The first-order valence-corrected chi connectivity index (χ1v) is 10.5. The van der Waals surface area contributed by atoms with Gasteiger partial charge in [-0.3, -0.25) is 9.69 Å². The summed E-state index contributed by atoms with van der Waals surface area (Å²) in [4.78, 5) is 25.7. The lowest BCUT2D eigenvalue weighted by Gasteiger charge is -2.35. The Hall–Kier alpha value is -3.45. The Labute approximate surface area is 182 Å². The molecule has 1 aliphatic rings. The van der Waals surface area contributed by atoms with E-state index in [4.69, 9.17) is 4.74 Å². The van der Waals surface area contributed by atoms with Crippen LogP contribution in [0, 0.1) is 0 Å². The Bertz CT molecular complexity index is 986. The molecule has 7 heteroatoms. The molecule has 0 saturated carbocycles. The largest absolute Gasteiger partial charge is 0.497 e. The van der Waals surface area contributed by atoms with E-state index in [-0.39, 0.29) is 12.3 Å². The summed E-state index contributed by atoms with van der Waals surface area (Å²) in [6.07, 6.45) is 1.79. The normalized spacial score (nSPS) is 14.3. The first kappa shape index (κ1) is 20.8. The number of rotatable bonds is 7. The van der Waals surface area contributed by atoms with Crippen molar-refractivity contribution < 1.29 is 9.53 Å². The molecule has 1 aliphatic heterocycles. The lowest BCUT2D eigenvalue weighted by Crippen LogP contribution is -2.46. The summed E-state index contributed by atoms with van der Waals surface area (Å²) in [6.45, 7) is 4.69. The Morgan fingerprint density at radius 2 is 1.71 bits per heavy atom. The van der Waals surface area contributed by atoms with E-state index < -0.39 is 0 Å². The number of piperazine rings is 1. The topological polar surface area (TPSA) is 70.6 Å². The molecule has 160 valence electrons. The van der Waals surface area contributed by atoms with Crippen LogP contribution in [-0.4, -0.2) is 54.1 Å². The maximum atomic E-state index is 12.4. The number of carbonyl (C=O) groups is 1. The fourth-order valence-electron chi connectivity index (χ4n) is 3.68. The third kappa shape index (κ3) is 5.79. The molecule has 0 radical (unpaired) electrons. The monoisotopic (exact) mass is 417 g/mol. The molecule has 7 nitrogen and oxygen atoms in total. The number of amides is 1. The SMILES string of the molecule is COc1ccc(CC(=O)Nc2cc(N3CCN(Cc4ccccc4)CC3)ncn2)cc1. The second-order valence-electron chi connectivity index (χ2n) is 7.58. The van der Waals surface area contributed by atoms with Crippen molar-refractivity contribution in [2.45, 2.75) is 13.0 Å². The van der Waals surface area contributed by atoms with Crippen LogP contribution < -0.4 is 15.0 Å². The number of ether oxygens (including phenoxy) is 1. The highest BCUT2D eigenvalue weighted by Gasteiger charge is 2.19. The van der Waals surface area contributed by atoms with E-state index in [2.05, 4.69) is 49.4 Å². The predicted octanol–water partition coefficient (Wildman–Crippen LogP) is 2.99. The first-order valence-electron chi connectivity index (χ1n) is 10.5. The van der Waals surface area contributed by atoms with Crippen LogP contribution in [0.1, 0.15) is 11.1 Å². The summed E-state index contributed by atoms with van der Waals surface area (Å²) in [7, 11) is 1.62. The Morgan fingerprint density at radius 1 is 0.968 bits per heavy atom. The van der Waals surface area contributed by atoms with E-state index in [0.717, 1.165) is 49.9 Å². The van der Waals surface area contributed by atoms with Crippen molar-refractivity contribution >= 4 is 17.5 Å². The van der Waals surface area contributed by atoms with E-state index in [1.165, 1.54) is 11.9 Å². The van der Waals surface area contributed by atoms with Crippen LogP contribution in [-0.2, 0) is 17.8 Å². The van der Waals surface area contributed by atoms with Gasteiger partial charge in [0.1, 0.15) is 23.7 Å². The van der Waals surface area contributed by atoms with Crippen LogP contribution in [0.5, 0.6) is 5.75 Å². The van der Waals surface area contributed by atoms with Crippen molar-refractivity contribution in [3.63, 3.8) is 0 Å². The maximum absolute atomic E-state index is 12.4. The molecule has 0 spiro atoms. The molecule has 0 bridgehead atoms. The van der Waals surface area contributed by atoms with Gasteiger partial charge < -0.3 is 15.0 Å². The summed E-state index contributed by atoms with van der Waals surface area (Å²) in [5.74, 6) is 2.03. The highest BCUT2D eigenvalue weighted by atomic mass is 16.5. The molecule has 1 amide bonds. The zero-order chi connectivity index (χ0) is 21.5. The van der Waals surface area contributed by atoms with Crippen LogP contribution in [0.4, 0.5) is 11.6 Å². The first-order chi connectivity index (χ1) is 15.2. The second-order valence-corrected chi connectivity index (χ2v) is 7.58. The van der Waals surface area contributed by atoms with Crippen LogP contribution in [0.2, 0.25) is 0 Å². The van der Waals surface area contributed by atoms with Crippen LogP contribution in [0.15, 0.2) is 67.0 Å². The number of nitrogens with zero attached hydrogens (tertiary/aromatic N) is 4. The lowest BCUT2D eigenvalue weighted by molar-refractivity contribution is -0.115. The Morgan fingerprint density at radius 3 is 2.42 bits per heavy atom. The molecule has 2 heterocycles. The van der Waals surface area contributed by atoms with E-state index >= 15 is 0 Å². The quantitative estimate of drug-likeness (QED) is 0.637. The molecule has 0 atom stereocenters. The number of anilines is 2. The molecular formula is C24H27N5O2. The number of hydrogen-bond acceptors (Lipinski definition) is 6. The van der Waals surface area contributed by atoms with E-state index in [0.29, 0.717) is 5.82 Å². The highest BCUT2D eigenvalue weighted by Crippen LogP contribution is 2.18. The number of benzene rings is 2. The number of hydrogen-bond donors (Lipinski definition) is 1. The van der Waals surface area contributed by atoms with Gasteiger partial charge in [0, 0.05) is 38.8 Å². The van der Waals surface area contributed by atoms with E-state index in [1.54, 1.807) is 7.11 Å². The summed E-state index contributed by atoms with van der Waals surface area (Å²) in [5, 5.41) is 2.88. The molecule has 1 saturated heterocycles. The minimum absolute atomic E-state index is 0.109. The van der Waals surface area contributed by atoms with Gasteiger partial charge >= 0.3 is 0 Å². The van der Waals surface area contributed by atoms with Crippen molar-refractivity contribution in [3.05, 3.63) is 78.1 Å². The van der Waals surface area contributed by atoms with E-state index in [9.17, 15) is 4.79 Å². The van der Waals surface area contributed by atoms with Crippen LogP contribution in [0.25, 0.3) is 0 Å². The molecule has 0 aliphatic carbocycles. The van der Waals surface area contributed by atoms with Gasteiger partial charge in [-0.2, -0.15) is 0 Å². The molecule has 1 N–H and O–H groups in total. The van der Waals surface area contributed by atoms with Crippen molar-refractivity contribution in [2.75, 3.05) is 43.5 Å². The van der Waals surface area contributed by atoms with Gasteiger partial charge in [-0.05, 0) is 23.3 Å². The lowest BCUT2D eigenvalue weighted by atomic mass is 10.1. The predicted molar refractivity (Wildman–Crippen MR) is 121 cm³/mol. The second kappa shape index (κ2) is 10.0. The molecule has 1 aromatic heterocycles.